The summed E-state index contributed by atoms with van der Waals surface area (Å²) in [5.41, 5.74) is 0. The van der Waals surface area contributed by atoms with E-state index < -0.39 is 16.6 Å². The molecule has 0 aromatic heterocycles. The zero-order chi connectivity index (χ0) is 25.7. The fourth-order valence-corrected chi connectivity index (χ4v) is 6.47. The van der Waals surface area contributed by atoms with E-state index >= 15 is 0 Å². The van der Waals surface area contributed by atoms with Crippen LogP contribution in [0.5, 0.6) is 0 Å². The molecule has 0 aliphatic heterocycles. The van der Waals surface area contributed by atoms with Crippen LogP contribution >= 0.6 is 0 Å². The van der Waals surface area contributed by atoms with Gasteiger partial charge in [-0.2, -0.15) is 0 Å². The molecule has 0 aliphatic rings. The van der Waals surface area contributed by atoms with Crippen LogP contribution < -0.4 is 0 Å². The summed E-state index contributed by atoms with van der Waals surface area (Å²) in [7, 11) is -3.58. The van der Waals surface area contributed by atoms with Crippen LogP contribution in [0.1, 0.15) is 83.1 Å². The lowest BCUT2D eigenvalue weighted by molar-refractivity contribution is 0.100. The van der Waals surface area contributed by atoms with Crippen molar-refractivity contribution in [1.29, 1.82) is 0 Å². The molecule has 0 aromatic carbocycles. The fourth-order valence-electron chi connectivity index (χ4n) is 3.43. The van der Waals surface area contributed by atoms with Gasteiger partial charge in [0, 0.05) is 0 Å². The third-order valence-electron chi connectivity index (χ3n) is 7.76. The van der Waals surface area contributed by atoms with Gasteiger partial charge in [-0.3, -0.25) is 0 Å². The second-order valence-electron chi connectivity index (χ2n) is 13.7. The van der Waals surface area contributed by atoms with Crippen molar-refractivity contribution in [2.24, 2.45) is 23.7 Å². The van der Waals surface area contributed by atoms with Crippen LogP contribution in [-0.2, 0) is 8.85 Å². The van der Waals surface area contributed by atoms with Crippen LogP contribution in [0.3, 0.4) is 0 Å². The number of allylic oxidation sites excluding steroid dienone is 2. The molecule has 2 nitrogen and oxygen atoms in total. The van der Waals surface area contributed by atoms with Gasteiger partial charge >= 0.3 is 0 Å². The van der Waals surface area contributed by atoms with Gasteiger partial charge < -0.3 is 8.85 Å². The molecule has 0 heterocycles. The quantitative estimate of drug-likeness (QED) is 0.215. The summed E-state index contributed by atoms with van der Waals surface area (Å²) in [6, 6.07) is 0. The van der Waals surface area contributed by atoms with Gasteiger partial charge in [0.2, 0.25) is 0 Å². The van der Waals surface area contributed by atoms with Gasteiger partial charge in [0.25, 0.3) is 0 Å². The molecular formula is C28H58O2Si2. The minimum Gasteiger partial charge on any atom is -0.413 e. The largest absolute Gasteiger partial charge is 0.413 e. The van der Waals surface area contributed by atoms with E-state index in [1.165, 1.54) is 0 Å². The summed E-state index contributed by atoms with van der Waals surface area (Å²) < 4.78 is 13.6. The zero-order valence-corrected chi connectivity index (χ0v) is 26.6. The monoisotopic (exact) mass is 482 g/mol. The SMILES string of the molecule is CC(C)[C@@H](O[Si](C)(C)C(C)(C)C)[C@@H](C)/C=C\C=C/[C@H](C)[C@H](O[Si](C)(C)C(C)(C)C)C(C)C. The van der Waals surface area contributed by atoms with E-state index in [1.54, 1.807) is 0 Å². The predicted molar refractivity (Wildman–Crippen MR) is 150 cm³/mol. The first-order chi connectivity index (χ1) is 14.1. The Hall–Kier alpha value is -0.166. The van der Waals surface area contributed by atoms with Gasteiger partial charge in [-0.25, -0.2) is 0 Å². The highest BCUT2D eigenvalue weighted by atomic mass is 28.4. The van der Waals surface area contributed by atoms with E-state index in [2.05, 4.69) is 134 Å². The highest BCUT2D eigenvalue weighted by molar-refractivity contribution is 6.74. The average molecular weight is 483 g/mol. The van der Waals surface area contributed by atoms with Crippen molar-refractivity contribution in [2.45, 2.75) is 132 Å². The zero-order valence-electron chi connectivity index (χ0n) is 24.6. The summed E-state index contributed by atoms with van der Waals surface area (Å²) in [6.07, 6.45) is 9.58. The first kappa shape index (κ1) is 31.8. The molecule has 0 aromatic rings. The maximum atomic E-state index is 6.81. The van der Waals surface area contributed by atoms with Crippen LogP contribution in [0.2, 0.25) is 36.3 Å². The maximum Gasteiger partial charge on any atom is 0.192 e. The topological polar surface area (TPSA) is 18.5 Å². The summed E-state index contributed by atoms with van der Waals surface area (Å²) in [5, 5.41) is 0.462. The average Bonchev–Trinajstić information content (AvgIpc) is 2.58. The first-order valence-corrected chi connectivity index (χ1v) is 18.7. The Balaban J connectivity index is 5.31. The van der Waals surface area contributed by atoms with Crippen LogP contribution in [-0.4, -0.2) is 28.8 Å². The van der Waals surface area contributed by atoms with Gasteiger partial charge in [0.05, 0.1) is 12.2 Å². The van der Waals surface area contributed by atoms with Gasteiger partial charge in [0.1, 0.15) is 0 Å². The number of hydrogen-bond donors (Lipinski definition) is 0. The molecule has 32 heavy (non-hydrogen) atoms. The van der Waals surface area contributed by atoms with Crippen molar-refractivity contribution < 1.29 is 8.85 Å². The standard InChI is InChI=1S/C28H58O2Si2/c1-21(2)25(29-31(13,14)27(7,8)9)23(5)19-17-18-20-24(6)26(22(3)4)30-32(15,16)28(10,11)12/h17-26H,1-16H3/b19-17-,20-18-/t23-,24-,25+,26+/m0/s1. The Kier molecular flexibility index (Phi) is 11.9. The number of hydrogen-bond acceptors (Lipinski definition) is 2. The Morgan fingerprint density at radius 1 is 0.531 bits per heavy atom. The van der Waals surface area contributed by atoms with E-state index in [1.807, 2.05) is 0 Å². The lowest BCUT2D eigenvalue weighted by atomic mass is 9.93. The Morgan fingerprint density at radius 2 is 0.781 bits per heavy atom. The molecule has 0 bridgehead atoms. The molecule has 4 atom stereocenters. The normalized spacial score (nSPS) is 18.7. The lowest BCUT2D eigenvalue weighted by Gasteiger charge is -2.42. The van der Waals surface area contributed by atoms with E-state index in [-0.39, 0.29) is 22.3 Å². The first-order valence-electron chi connectivity index (χ1n) is 12.8. The maximum absolute atomic E-state index is 6.81. The van der Waals surface area contributed by atoms with Crippen LogP contribution in [0.25, 0.3) is 0 Å². The molecule has 0 fully saturated rings. The van der Waals surface area contributed by atoms with Crippen molar-refractivity contribution in [1.82, 2.24) is 0 Å². The van der Waals surface area contributed by atoms with Gasteiger partial charge in [-0.1, -0.05) is 107 Å². The highest BCUT2D eigenvalue weighted by Crippen LogP contribution is 2.40. The highest BCUT2D eigenvalue weighted by Gasteiger charge is 2.41. The summed E-state index contributed by atoms with van der Waals surface area (Å²) in [6.45, 7) is 37.1. The molecule has 0 unspecified atom stereocenters. The Labute approximate surface area is 204 Å². The molecule has 0 N–H and O–H groups in total. The third kappa shape index (κ3) is 9.60. The minimum absolute atomic E-state index is 0.231. The summed E-state index contributed by atoms with van der Waals surface area (Å²) in [5.74, 6) is 1.76. The van der Waals surface area contributed by atoms with Crippen LogP contribution in [0, 0.1) is 23.7 Å². The van der Waals surface area contributed by atoms with Crippen molar-refractivity contribution in [3.05, 3.63) is 24.3 Å². The van der Waals surface area contributed by atoms with Crippen molar-refractivity contribution in [3.8, 4) is 0 Å². The second kappa shape index (κ2) is 12.0. The lowest BCUT2D eigenvalue weighted by Crippen LogP contribution is -2.46. The Bertz CT molecular complexity index is 550. The van der Waals surface area contributed by atoms with E-state index in [0.29, 0.717) is 23.7 Å². The fraction of sp³-hybridized carbons (Fsp3) is 0.857. The van der Waals surface area contributed by atoms with Gasteiger partial charge in [-0.05, 0) is 59.9 Å². The molecule has 0 spiro atoms. The molecule has 0 saturated heterocycles. The molecule has 0 amide bonds. The second-order valence-corrected chi connectivity index (χ2v) is 23.2. The minimum atomic E-state index is -1.79. The van der Waals surface area contributed by atoms with Crippen LogP contribution in [0.4, 0.5) is 0 Å². The van der Waals surface area contributed by atoms with E-state index in [9.17, 15) is 0 Å². The van der Waals surface area contributed by atoms with Crippen molar-refractivity contribution in [3.63, 3.8) is 0 Å². The third-order valence-corrected chi connectivity index (χ3v) is 16.7. The smallest absolute Gasteiger partial charge is 0.192 e. The van der Waals surface area contributed by atoms with E-state index in [4.69, 9.17) is 8.85 Å². The van der Waals surface area contributed by atoms with Gasteiger partial charge in [-0.15, -0.1) is 0 Å². The van der Waals surface area contributed by atoms with E-state index in [0.717, 1.165) is 0 Å². The predicted octanol–water partition coefficient (Wildman–Crippen LogP) is 9.46. The summed E-state index contributed by atoms with van der Waals surface area (Å²) in [4.78, 5) is 0. The number of rotatable bonds is 11. The molecule has 0 radical (unpaired) electrons. The Morgan fingerprint density at radius 3 is 0.969 bits per heavy atom. The van der Waals surface area contributed by atoms with Crippen molar-refractivity contribution in [2.75, 3.05) is 0 Å². The molecule has 0 rings (SSSR count). The molecule has 190 valence electrons. The van der Waals surface area contributed by atoms with Crippen molar-refractivity contribution >= 4 is 16.6 Å². The van der Waals surface area contributed by atoms with Gasteiger partial charge in [0.15, 0.2) is 16.6 Å². The molecule has 0 aliphatic carbocycles. The molecular weight excluding hydrogens is 424 g/mol. The summed E-state index contributed by atoms with van der Waals surface area (Å²) >= 11 is 0. The molecule has 4 heteroatoms. The van der Waals surface area contributed by atoms with Crippen LogP contribution in [0.15, 0.2) is 24.3 Å². The molecule has 0 saturated carbocycles.